The average Bonchev–Trinajstić information content (AvgIpc) is 2.22. The minimum Gasteiger partial charge on any atom is -0.307 e. The third-order valence-electron chi connectivity index (χ3n) is 3.19. The number of hydrogen-bond donors (Lipinski definition) is 0. The van der Waals surface area contributed by atoms with Crippen LogP contribution in [0.1, 0.15) is 34.1 Å². The first-order valence-electron chi connectivity index (χ1n) is 6.10. The summed E-state index contributed by atoms with van der Waals surface area (Å²) in [7, 11) is 2.18. The highest BCUT2D eigenvalue weighted by atomic mass is 15.2. The molecule has 0 heterocycles. The molecule has 2 heteroatoms. The van der Waals surface area contributed by atoms with Crippen LogP contribution in [0.4, 0.5) is 0 Å². The Balaban J connectivity index is 3.85. The molecule has 0 bridgehead atoms. The molecule has 0 aromatic carbocycles. The van der Waals surface area contributed by atoms with E-state index >= 15 is 0 Å². The van der Waals surface area contributed by atoms with Crippen molar-refractivity contribution in [2.75, 3.05) is 33.2 Å². The van der Waals surface area contributed by atoms with Gasteiger partial charge in [0.15, 0.2) is 0 Å². The summed E-state index contributed by atoms with van der Waals surface area (Å²) in [6.45, 7) is 17.4. The smallest absolute Gasteiger partial charge is 0.0273 e. The molecule has 0 spiro atoms. The summed E-state index contributed by atoms with van der Waals surface area (Å²) in [5.74, 6) is 0. The zero-order valence-electron chi connectivity index (χ0n) is 11.2. The molecule has 2 nitrogen and oxygen atoms in total. The van der Waals surface area contributed by atoms with Crippen molar-refractivity contribution in [2.45, 2.75) is 40.2 Å². The van der Waals surface area contributed by atoms with Crippen LogP contribution < -0.4 is 0 Å². The molecule has 0 N–H and O–H groups in total. The van der Waals surface area contributed by atoms with E-state index in [1.54, 1.807) is 0 Å². The Morgan fingerprint density at radius 3 is 2.20 bits per heavy atom. The van der Waals surface area contributed by atoms with Crippen LogP contribution >= 0.6 is 0 Å². The van der Waals surface area contributed by atoms with E-state index in [2.05, 4.69) is 51.1 Å². The summed E-state index contributed by atoms with van der Waals surface area (Å²) in [4.78, 5) is 4.85. The largest absolute Gasteiger partial charge is 0.307 e. The Morgan fingerprint density at radius 2 is 1.80 bits per heavy atom. The van der Waals surface area contributed by atoms with Gasteiger partial charge < -0.3 is 4.90 Å². The monoisotopic (exact) mass is 212 g/mol. The van der Waals surface area contributed by atoms with E-state index in [0.717, 1.165) is 13.1 Å². The van der Waals surface area contributed by atoms with Crippen molar-refractivity contribution in [1.29, 1.82) is 0 Å². The molecule has 0 radical (unpaired) electrons. The molecule has 0 aromatic rings. The summed E-state index contributed by atoms with van der Waals surface area (Å²) in [5.41, 5.74) is 1.26. The van der Waals surface area contributed by atoms with Crippen molar-refractivity contribution in [3.63, 3.8) is 0 Å². The lowest BCUT2D eigenvalue weighted by Gasteiger charge is -2.28. The van der Waals surface area contributed by atoms with Gasteiger partial charge in [0.05, 0.1) is 0 Å². The van der Waals surface area contributed by atoms with Crippen molar-refractivity contribution in [2.24, 2.45) is 0 Å². The molecular formula is C13H28N2. The zero-order valence-corrected chi connectivity index (χ0v) is 11.2. The van der Waals surface area contributed by atoms with Crippen LogP contribution in [-0.2, 0) is 0 Å². The van der Waals surface area contributed by atoms with Gasteiger partial charge in [-0.25, -0.2) is 0 Å². The fraction of sp³-hybridized carbons (Fsp3) is 0.846. The predicted molar refractivity (Wildman–Crippen MR) is 69.3 cm³/mol. The number of likely N-dealkylation sites (N-methyl/N-ethyl adjacent to an activating group) is 1. The van der Waals surface area contributed by atoms with E-state index in [1.165, 1.54) is 25.1 Å². The van der Waals surface area contributed by atoms with Gasteiger partial charge in [0.1, 0.15) is 0 Å². The lowest BCUT2D eigenvalue weighted by atomic mass is 10.1. The van der Waals surface area contributed by atoms with Crippen molar-refractivity contribution in [1.82, 2.24) is 9.80 Å². The SMILES string of the molecule is C=C(C)C(C)N(CC)CCCN(C)CC. The van der Waals surface area contributed by atoms with Gasteiger partial charge >= 0.3 is 0 Å². The Morgan fingerprint density at radius 1 is 1.20 bits per heavy atom. The molecule has 15 heavy (non-hydrogen) atoms. The molecule has 0 rings (SSSR count). The number of nitrogens with zero attached hydrogens (tertiary/aromatic N) is 2. The summed E-state index contributed by atoms with van der Waals surface area (Å²) in [6.07, 6.45) is 1.25. The van der Waals surface area contributed by atoms with Crippen LogP contribution in [0.3, 0.4) is 0 Å². The molecule has 0 saturated heterocycles. The minimum absolute atomic E-state index is 0.516. The lowest BCUT2D eigenvalue weighted by molar-refractivity contribution is 0.226. The quantitative estimate of drug-likeness (QED) is 0.571. The van der Waals surface area contributed by atoms with Gasteiger partial charge in [0, 0.05) is 6.04 Å². The van der Waals surface area contributed by atoms with Crippen LogP contribution in [0.25, 0.3) is 0 Å². The fourth-order valence-electron chi connectivity index (χ4n) is 1.64. The molecular weight excluding hydrogens is 184 g/mol. The lowest BCUT2D eigenvalue weighted by Crippen LogP contribution is -2.35. The van der Waals surface area contributed by atoms with Crippen LogP contribution in [0.2, 0.25) is 0 Å². The third-order valence-corrected chi connectivity index (χ3v) is 3.19. The maximum atomic E-state index is 4.03. The third kappa shape index (κ3) is 5.95. The van der Waals surface area contributed by atoms with Crippen LogP contribution in [-0.4, -0.2) is 49.1 Å². The first-order valence-corrected chi connectivity index (χ1v) is 6.10. The Labute approximate surface area is 95.9 Å². The van der Waals surface area contributed by atoms with E-state index < -0.39 is 0 Å². The average molecular weight is 212 g/mol. The fourth-order valence-corrected chi connectivity index (χ4v) is 1.64. The van der Waals surface area contributed by atoms with E-state index in [0.29, 0.717) is 6.04 Å². The molecule has 1 unspecified atom stereocenters. The molecule has 0 aliphatic carbocycles. The van der Waals surface area contributed by atoms with Gasteiger partial charge in [-0.2, -0.15) is 0 Å². The highest BCUT2D eigenvalue weighted by Crippen LogP contribution is 2.08. The Hall–Kier alpha value is -0.340. The van der Waals surface area contributed by atoms with E-state index in [-0.39, 0.29) is 0 Å². The summed E-state index contributed by atoms with van der Waals surface area (Å²) >= 11 is 0. The molecule has 0 aromatic heterocycles. The van der Waals surface area contributed by atoms with Gasteiger partial charge in [-0.1, -0.05) is 26.0 Å². The second-order valence-corrected chi connectivity index (χ2v) is 4.40. The van der Waals surface area contributed by atoms with Gasteiger partial charge in [0.25, 0.3) is 0 Å². The first-order chi connectivity index (χ1) is 7.02. The van der Waals surface area contributed by atoms with Crippen molar-refractivity contribution in [3.8, 4) is 0 Å². The van der Waals surface area contributed by atoms with Gasteiger partial charge in [0.2, 0.25) is 0 Å². The Bertz CT molecular complexity index is 177. The molecule has 0 aliphatic rings. The summed E-state index contributed by atoms with van der Waals surface area (Å²) < 4.78 is 0. The van der Waals surface area contributed by atoms with Crippen molar-refractivity contribution < 1.29 is 0 Å². The summed E-state index contributed by atoms with van der Waals surface area (Å²) in [5, 5.41) is 0. The minimum atomic E-state index is 0.516. The molecule has 0 fully saturated rings. The standard InChI is InChI=1S/C13H28N2/c1-7-14(6)10-9-11-15(8-2)13(5)12(3)4/h13H,3,7-11H2,1-2,4-6H3. The molecule has 0 saturated carbocycles. The maximum Gasteiger partial charge on any atom is 0.0273 e. The van der Waals surface area contributed by atoms with Crippen LogP contribution in [0.5, 0.6) is 0 Å². The molecule has 0 aliphatic heterocycles. The van der Waals surface area contributed by atoms with E-state index in [9.17, 15) is 0 Å². The maximum absolute atomic E-state index is 4.03. The first kappa shape index (κ1) is 14.7. The van der Waals surface area contributed by atoms with E-state index in [4.69, 9.17) is 0 Å². The molecule has 1 atom stereocenters. The second kappa shape index (κ2) is 7.89. The van der Waals surface area contributed by atoms with Gasteiger partial charge in [-0.3, -0.25) is 4.90 Å². The Kier molecular flexibility index (Phi) is 7.71. The second-order valence-electron chi connectivity index (χ2n) is 4.40. The highest BCUT2D eigenvalue weighted by molar-refractivity contribution is 4.99. The van der Waals surface area contributed by atoms with E-state index in [1.807, 2.05) is 0 Å². The van der Waals surface area contributed by atoms with Crippen LogP contribution in [0.15, 0.2) is 12.2 Å². The van der Waals surface area contributed by atoms with Crippen molar-refractivity contribution >= 4 is 0 Å². The zero-order chi connectivity index (χ0) is 11.8. The topological polar surface area (TPSA) is 6.48 Å². The number of rotatable bonds is 8. The van der Waals surface area contributed by atoms with Gasteiger partial charge in [-0.05, 0) is 53.5 Å². The highest BCUT2D eigenvalue weighted by Gasteiger charge is 2.11. The predicted octanol–water partition coefficient (Wildman–Crippen LogP) is 2.61. The van der Waals surface area contributed by atoms with Crippen LogP contribution in [0, 0.1) is 0 Å². The normalized spacial score (nSPS) is 13.5. The summed E-state index contributed by atoms with van der Waals surface area (Å²) in [6, 6.07) is 0.516. The van der Waals surface area contributed by atoms with Crippen molar-refractivity contribution in [3.05, 3.63) is 12.2 Å². The molecule has 0 amide bonds. The number of hydrogen-bond acceptors (Lipinski definition) is 2. The molecule has 90 valence electrons. The van der Waals surface area contributed by atoms with Gasteiger partial charge in [-0.15, -0.1) is 0 Å².